The largest absolute Gasteiger partial charge is 0.435 e. The summed E-state index contributed by atoms with van der Waals surface area (Å²) in [6.07, 6.45) is 3.43. The van der Waals surface area contributed by atoms with E-state index in [0.29, 0.717) is 16.6 Å². The molecule has 0 amide bonds. The maximum absolute atomic E-state index is 11.6. The van der Waals surface area contributed by atoms with E-state index in [2.05, 4.69) is 29.7 Å². The number of hydrogen-bond donors (Lipinski definition) is 2. The Balaban J connectivity index is 0.000000315. The normalized spacial score (nSPS) is 10.1. The molecular formula is C30H34ClF2N7O3. The SMILES string of the molecule is C=O.CCOC.CNc1cc(-c2ccc3nc(N)c(-c4ccnc(C)c4)n3n2)cnc1Cl.Cc1cccc(OC(F)F)c1. The van der Waals surface area contributed by atoms with Crippen LogP contribution in [0.15, 0.2) is 67.0 Å². The van der Waals surface area contributed by atoms with E-state index in [1.807, 2.05) is 64.0 Å². The minimum Gasteiger partial charge on any atom is -0.435 e. The minimum atomic E-state index is -2.74. The molecule has 4 heterocycles. The summed E-state index contributed by atoms with van der Waals surface area (Å²) in [7, 11) is 3.48. The van der Waals surface area contributed by atoms with Crippen molar-refractivity contribution in [3.8, 4) is 28.3 Å². The zero-order chi connectivity index (χ0) is 31.9. The van der Waals surface area contributed by atoms with Crippen molar-refractivity contribution in [2.24, 2.45) is 0 Å². The summed E-state index contributed by atoms with van der Waals surface area (Å²) in [4.78, 5) is 20.9. The van der Waals surface area contributed by atoms with Gasteiger partial charge in [-0.25, -0.2) is 14.5 Å². The maximum Gasteiger partial charge on any atom is 0.387 e. The zero-order valence-corrected chi connectivity index (χ0v) is 25.3. The number of carbonyl (C=O) groups is 1. The molecule has 3 N–H and O–H groups in total. The molecule has 0 unspecified atom stereocenters. The number of anilines is 2. The van der Waals surface area contributed by atoms with Crippen LogP contribution in [0.1, 0.15) is 18.2 Å². The fraction of sp³-hybridized carbons (Fsp3) is 0.233. The second-order valence-electron chi connectivity index (χ2n) is 8.60. The first-order valence-corrected chi connectivity index (χ1v) is 13.3. The fourth-order valence-electron chi connectivity index (χ4n) is 3.62. The Morgan fingerprint density at radius 3 is 2.40 bits per heavy atom. The second kappa shape index (κ2) is 17.3. The van der Waals surface area contributed by atoms with E-state index in [1.54, 1.807) is 43.2 Å². The first-order valence-electron chi connectivity index (χ1n) is 12.9. The van der Waals surface area contributed by atoms with Crippen LogP contribution < -0.4 is 15.8 Å². The van der Waals surface area contributed by atoms with Crippen molar-refractivity contribution in [2.45, 2.75) is 27.4 Å². The van der Waals surface area contributed by atoms with Crippen molar-refractivity contribution < 1.29 is 23.0 Å². The summed E-state index contributed by atoms with van der Waals surface area (Å²) >= 11 is 6.07. The average molecular weight is 614 g/mol. The molecule has 13 heteroatoms. The highest BCUT2D eigenvalue weighted by Gasteiger charge is 2.15. The summed E-state index contributed by atoms with van der Waals surface area (Å²) in [5.74, 6) is 0.630. The smallest absolute Gasteiger partial charge is 0.387 e. The molecule has 0 aliphatic carbocycles. The van der Waals surface area contributed by atoms with Crippen LogP contribution in [0.4, 0.5) is 20.3 Å². The lowest BCUT2D eigenvalue weighted by Crippen LogP contribution is -2.01. The number of nitrogens with zero attached hydrogens (tertiary/aromatic N) is 5. The van der Waals surface area contributed by atoms with Crippen molar-refractivity contribution in [3.05, 3.63) is 83.4 Å². The summed E-state index contributed by atoms with van der Waals surface area (Å²) in [6.45, 7) is 5.79. The Bertz CT molecular complexity index is 1600. The molecule has 0 fully saturated rings. The number of carbonyl (C=O) groups excluding carboxylic acids is 1. The van der Waals surface area contributed by atoms with Gasteiger partial charge in [-0.3, -0.25) is 4.98 Å². The standard InChI is InChI=1S/C18H16ClN7.C8H8F2O.C3H8O.CH2O/c1-10-7-11(5-6-22-10)16-18(20)24-15-4-3-13(25-26(15)16)12-8-14(21-2)17(19)23-9-12;1-6-3-2-4-7(5-6)11-8(9)10;1-3-4-2;1-2/h3-9,21H,20H2,1-2H3;2-5,8H,1H3;3H2,1-2H3;1H2. The molecule has 1 aromatic carbocycles. The van der Waals surface area contributed by atoms with Crippen LogP contribution >= 0.6 is 11.6 Å². The number of fused-ring (bicyclic) bond motifs is 1. The van der Waals surface area contributed by atoms with Gasteiger partial charge in [-0.15, -0.1) is 0 Å². The highest BCUT2D eigenvalue weighted by atomic mass is 35.5. The number of aryl methyl sites for hydroxylation is 2. The number of nitrogens with two attached hydrogens (primary N) is 1. The molecule has 5 rings (SSSR count). The van der Waals surface area contributed by atoms with E-state index in [9.17, 15) is 8.78 Å². The third kappa shape index (κ3) is 9.97. The van der Waals surface area contributed by atoms with E-state index < -0.39 is 6.61 Å². The Kier molecular flexibility index (Phi) is 13.9. The molecular weight excluding hydrogens is 580 g/mol. The number of nitrogen functional groups attached to an aromatic ring is 1. The second-order valence-corrected chi connectivity index (χ2v) is 8.96. The van der Waals surface area contributed by atoms with Gasteiger partial charge >= 0.3 is 6.61 Å². The van der Waals surface area contributed by atoms with Crippen LogP contribution in [0.5, 0.6) is 5.75 Å². The maximum atomic E-state index is 11.6. The number of halogens is 3. The van der Waals surface area contributed by atoms with Gasteiger partial charge in [0.15, 0.2) is 16.6 Å². The van der Waals surface area contributed by atoms with Crippen LogP contribution in [0.2, 0.25) is 5.15 Å². The number of methoxy groups -OCH3 is 1. The lowest BCUT2D eigenvalue weighted by atomic mass is 10.1. The van der Waals surface area contributed by atoms with E-state index in [0.717, 1.165) is 46.1 Å². The molecule has 0 aliphatic rings. The third-order valence-corrected chi connectivity index (χ3v) is 5.88. The molecule has 10 nitrogen and oxygen atoms in total. The van der Waals surface area contributed by atoms with E-state index in [4.69, 9.17) is 27.2 Å². The summed E-state index contributed by atoms with van der Waals surface area (Å²) in [5, 5.41) is 8.16. The topological polar surface area (TPSA) is 130 Å². The Labute approximate surface area is 253 Å². The van der Waals surface area contributed by atoms with Crippen molar-refractivity contribution >= 4 is 35.5 Å². The molecule has 0 atom stereocenters. The molecule has 0 radical (unpaired) electrons. The van der Waals surface area contributed by atoms with Gasteiger partial charge < -0.3 is 25.3 Å². The number of rotatable bonds is 6. The van der Waals surface area contributed by atoms with E-state index in [1.165, 1.54) is 6.07 Å². The molecule has 0 aliphatic heterocycles. The van der Waals surface area contributed by atoms with E-state index >= 15 is 0 Å². The van der Waals surface area contributed by atoms with Gasteiger partial charge in [-0.05, 0) is 68.8 Å². The van der Waals surface area contributed by atoms with E-state index in [-0.39, 0.29) is 5.75 Å². The predicted octanol–water partition coefficient (Wildman–Crippen LogP) is 6.50. The third-order valence-electron chi connectivity index (χ3n) is 5.58. The molecule has 228 valence electrons. The lowest BCUT2D eigenvalue weighted by Gasteiger charge is -2.08. The minimum absolute atomic E-state index is 0.208. The van der Waals surface area contributed by atoms with Crippen molar-refractivity contribution in [1.82, 2.24) is 24.6 Å². The van der Waals surface area contributed by atoms with Crippen LogP contribution in [0.3, 0.4) is 0 Å². The number of nitrogens with one attached hydrogen (secondary N) is 1. The van der Waals surface area contributed by atoms with Gasteiger partial charge in [0, 0.05) is 50.0 Å². The Hall–Kier alpha value is -4.68. The van der Waals surface area contributed by atoms with Gasteiger partial charge in [0.25, 0.3) is 0 Å². The Morgan fingerprint density at radius 1 is 1.07 bits per heavy atom. The van der Waals surface area contributed by atoms with Crippen LogP contribution in [-0.4, -0.2) is 58.7 Å². The molecule has 0 saturated heterocycles. The quantitative estimate of drug-likeness (QED) is 0.206. The van der Waals surface area contributed by atoms with Gasteiger partial charge in [0.2, 0.25) is 0 Å². The summed E-state index contributed by atoms with van der Waals surface area (Å²) < 4.78 is 33.7. The van der Waals surface area contributed by atoms with Crippen LogP contribution in [-0.2, 0) is 9.53 Å². The number of hydrogen-bond acceptors (Lipinski definition) is 9. The van der Waals surface area contributed by atoms with Gasteiger partial charge in [0.05, 0.1) is 11.4 Å². The molecule has 43 heavy (non-hydrogen) atoms. The van der Waals surface area contributed by atoms with Crippen molar-refractivity contribution in [3.63, 3.8) is 0 Å². The summed E-state index contributed by atoms with van der Waals surface area (Å²) in [6, 6.07) is 16.1. The number of imidazole rings is 1. The number of pyridine rings is 2. The van der Waals surface area contributed by atoms with Gasteiger partial charge in [-0.1, -0.05) is 23.7 Å². The van der Waals surface area contributed by atoms with Gasteiger partial charge in [0.1, 0.15) is 18.2 Å². The molecule has 0 spiro atoms. The van der Waals surface area contributed by atoms with Crippen molar-refractivity contribution in [1.29, 1.82) is 0 Å². The predicted molar refractivity (Wildman–Crippen MR) is 166 cm³/mol. The first kappa shape index (κ1) is 34.5. The number of ether oxygens (including phenoxy) is 2. The average Bonchev–Trinajstić information content (AvgIpc) is 3.33. The fourth-order valence-corrected chi connectivity index (χ4v) is 3.82. The highest BCUT2D eigenvalue weighted by Crippen LogP contribution is 2.29. The van der Waals surface area contributed by atoms with Gasteiger partial charge in [-0.2, -0.15) is 13.9 Å². The monoisotopic (exact) mass is 613 g/mol. The highest BCUT2D eigenvalue weighted by molar-refractivity contribution is 6.32. The first-order chi connectivity index (χ1) is 20.7. The number of aromatic nitrogens is 5. The zero-order valence-electron chi connectivity index (χ0n) is 24.5. The lowest BCUT2D eigenvalue weighted by molar-refractivity contribution is -0.0980. The number of alkyl halides is 2. The molecule has 0 saturated carbocycles. The number of benzene rings is 1. The summed E-state index contributed by atoms with van der Waals surface area (Å²) in [5.41, 5.74) is 12.6. The van der Waals surface area contributed by atoms with Crippen molar-refractivity contribution in [2.75, 3.05) is 31.8 Å². The molecule has 4 aromatic heterocycles. The molecule has 5 aromatic rings. The molecule has 0 bridgehead atoms. The van der Waals surface area contributed by atoms with Crippen LogP contribution in [0, 0.1) is 13.8 Å². The Morgan fingerprint density at radius 2 is 1.79 bits per heavy atom. The van der Waals surface area contributed by atoms with Crippen LogP contribution in [0.25, 0.3) is 28.2 Å².